The molecule has 1 aliphatic heterocycles. The van der Waals surface area contributed by atoms with Gasteiger partial charge < -0.3 is 15.4 Å². The van der Waals surface area contributed by atoms with Crippen molar-refractivity contribution < 1.29 is 13.9 Å². The summed E-state index contributed by atoms with van der Waals surface area (Å²) < 4.78 is 21.6. The monoisotopic (exact) mass is 380 g/mol. The number of amides is 1. The third-order valence-corrected chi connectivity index (χ3v) is 4.90. The number of rotatable bonds is 5. The first-order chi connectivity index (χ1) is 13.7. The molecule has 2 aromatic carbocycles. The van der Waals surface area contributed by atoms with Crippen LogP contribution in [-0.4, -0.2) is 29.3 Å². The van der Waals surface area contributed by atoms with E-state index in [9.17, 15) is 9.18 Å². The molecule has 1 aliphatic rings. The predicted molar refractivity (Wildman–Crippen MR) is 103 cm³/mol. The lowest BCUT2D eigenvalue weighted by atomic mass is 10.0. The highest BCUT2D eigenvalue weighted by Gasteiger charge is 2.17. The Morgan fingerprint density at radius 3 is 2.79 bits per heavy atom. The predicted octanol–water partition coefficient (Wildman–Crippen LogP) is 2.73. The van der Waals surface area contributed by atoms with Gasteiger partial charge in [-0.3, -0.25) is 9.48 Å². The van der Waals surface area contributed by atoms with Crippen molar-refractivity contribution in [1.82, 2.24) is 20.4 Å². The number of carbonyl (C=O) groups is 1. The Morgan fingerprint density at radius 2 is 2.04 bits per heavy atom. The molecule has 0 saturated carbocycles. The van der Waals surface area contributed by atoms with Gasteiger partial charge in [0.05, 0.1) is 31.1 Å². The van der Waals surface area contributed by atoms with Crippen LogP contribution in [0.25, 0.3) is 11.1 Å². The van der Waals surface area contributed by atoms with Crippen molar-refractivity contribution in [3.8, 4) is 16.9 Å². The maximum Gasteiger partial charge on any atom is 0.254 e. The van der Waals surface area contributed by atoms with E-state index >= 15 is 0 Å². The maximum absolute atomic E-state index is 14.6. The molecule has 3 aromatic rings. The average Bonchev–Trinajstić information content (AvgIpc) is 3.15. The van der Waals surface area contributed by atoms with Crippen LogP contribution in [0.1, 0.15) is 21.6 Å². The molecule has 0 aliphatic carbocycles. The zero-order chi connectivity index (χ0) is 19.5. The van der Waals surface area contributed by atoms with Crippen LogP contribution in [0.4, 0.5) is 4.39 Å². The zero-order valence-electron chi connectivity index (χ0n) is 15.5. The van der Waals surface area contributed by atoms with Crippen molar-refractivity contribution in [3.05, 3.63) is 71.3 Å². The summed E-state index contributed by atoms with van der Waals surface area (Å²) in [4.78, 5) is 12.4. The molecule has 0 saturated heterocycles. The van der Waals surface area contributed by atoms with Crippen LogP contribution >= 0.6 is 0 Å². The Kier molecular flexibility index (Phi) is 5.08. The van der Waals surface area contributed by atoms with E-state index in [0.29, 0.717) is 12.1 Å². The highest BCUT2D eigenvalue weighted by molar-refractivity contribution is 5.95. The lowest BCUT2D eigenvalue weighted by Gasteiger charge is -2.16. The van der Waals surface area contributed by atoms with E-state index in [4.69, 9.17) is 4.74 Å². The van der Waals surface area contributed by atoms with Crippen LogP contribution in [0, 0.1) is 5.82 Å². The molecule has 1 amide bonds. The molecule has 144 valence electrons. The summed E-state index contributed by atoms with van der Waals surface area (Å²) in [5, 5.41) is 10.4. The second-order valence-electron chi connectivity index (χ2n) is 6.62. The minimum atomic E-state index is -0.551. The number of aromatic nitrogens is 2. The van der Waals surface area contributed by atoms with Gasteiger partial charge in [-0.2, -0.15) is 5.10 Å². The highest BCUT2D eigenvalue weighted by Crippen LogP contribution is 2.24. The van der Waals surface area contributed by atoms with Gasteiger partial charge in [-0.05, 0) is 35.4 Å². The molecule has 0 radical (unpaired) electrons. The molecule has 1 aromatic heterocycles. The molecule has 6 nitrogen and oxygen atoms in total. The largest absolute Gasteiger partial charge is 0.497 e. The van der Waals surface area contributed by atoms with E-state index in [0.717, 1.165) is 42.2 Å². The minimum absolute atomic E-state index is 0.0245. The molecule has 2 N–H and O–H groups in total. The summed E-state index contributed by atoms with van der Waals surface area (Å²) in [6.45, 7) is 2.72. The van der Waals surface area contributed by atoms with Crippen molar-refractivity contribution in [2.75, 3.05) is 13.7 Å². The number of nitrogens with zero attached hydrogens (tertiary/aromatic N) is 2. The van der Waals surface area contributed by atoms with Gasteiger partial charge in [0, 0.05) is 25.2 Å². The number of fused-ring (bicyclic) bond motifs is 1. The Balaban J connectivity index is 1.46. The standard InChI is InChI=1S/C21H21FN4O2/c1-28-17-5-2-14(3-6-17)15-4-7-18(19(22)10-15)21(27)24-11-16-12-25-26-9-8-23-13-20(16)26/h2-7,10,12,23H,8-9,11,13H2,1H3,(H,24,27). The van der Waals surface area contributed by atoms with Crippen LogP contribution in [0.2, 0.25) is 0 Å². The number of hydrogen-bond donors (Lipinski definition) is 2. The topological polar surface area (TPSA) is 68.2 Å². The molecular formula is C21H21FN4O2. The Labute approximate surface area is 162 Å². The minimum Gasteiger partial charge on any atom is -0.497 e. The van der Waals surface area contributed by atoms with Crippen molar-refractivity contribution in [2.24, 2.45) is 0 Å². The summed E-state index contributed by atoms with van der Waals surface area (Å²) in [5.41, 5.74) is 3.58. The van der Waals surface area contributed by atoms with Crippen LogP contribution in [0.3, 0.4) is 0 Å². The van der Waals surface area contributed by atoms with E-state index in [-0.39, 0.29) is 5.56 Å². The summed E-state index contributed by atoms with van der Waals surface area (Å²) in [7, 11) is 1.60. The molecule has 7 heteroatoms. The number of hydrogen-bond acceptors (Lipinski definition) is 4. The van der Waals surface area contributed by atoms with E-state index in [2.05, 4.69) is 15.7 Å². The van der Waals surface area contributed by atoms with E-state index < -0.39 is 11.7 Å². The smallest absolute Gasteiger partial charge is 0.254 e. The summed E-state index contributed by atoms with van der Waals surface area (Å²) in [6, 6.07) is 12.0. The zero-order valence-corrected chi connectivity index (χ0v) is 15.5. The number of methoxy groups -OCH3 is 1. The quantitative estimate of drug-likeness (QED) is 0.714. The number of ether oxygens (including phenoxy) is 1. The number of halogens is 1. The molecule has 4 rings (SSSR count). The van der Waals surface area contributed by atoms with Crippen molar-refractivity contribution in [1.29, 1.82) is 0 Å². The van der Waals surface area contributed by atoms with Crippen molar-refractivity contribution in [2.45, 2.75) is 19.6 Å². The number of carbonyl (C=O) groups excluding carboxylic acids is 1. The average molecular weight is 380 g/mol. The molecule has 0 fully saturated rings. The summed E-state index contributed by atoms with van der Waals surface area (Å²) in [5.74, 6) is -0.259. The van der Waals surface area contributed by atoms with Gasteiger partial charge in [0.15, 0.2) is 0 Å². The van der Waals surface area contributed by atoms with Gasteiger partial charge in [0.25, 0.3) is 5.91 Å². The van der Waals surface area contributed by atoms with Crippen molar-refractivity contribution >= 4 is 5.91 Å². The van der Waals surface area contributed by atoms with Crippen LogP contribution < -0.4 is 15.4 Å². The van der Waals surface area contributed by atoms with E-state index in [1.54, 1.807) is 19.4 Å². The number of nitrogens with one attached hydrogen (secondary N) is 2. The third kappa shape index (κ3) is 3.61. The molecule has 2 heterocycles. The molecule has 0 atom stereocenters. The molecule has 0 bridgehead atoms. The van der Waals surface area contributed by atoms with E-state index in [1.165, 1.54) is 12.1 Å². The Morgan fingerprint density at radius 1 is 1.25 bits per heavy atom. The SMILES string of the molecule is COc1ccc(-c2ccc(C(=O)NCc3cnn4c3CNCC4)c(F)c2)cc1. The first-order valence-corrected chi connectivity index (χ1v) is 9.12. The number of benzene rings is 2. The fourth-order valence-electron chi connectivity index (χ4n) is 3.32. The summed E-state index contributed by atoms with van der Waals surface area (Å²) >= 11 is 0. The van der Waals surface area contributed by atoms with Gasteiger partial charge in [0.2, 0.25) is 0 Å². The van der Waals surface area contributed by atoms with Gasteiger partial charge in [-0.25, -0.2) is 4.39 Å². The van der Waals surface area contributed by atoms with Crippen LogP contribution in [0.5, 0.6) is 5.75 Å². The Bertz CT molecular complexity index is 998. The highest BCUT2D eigenvalue weighted by atomic mass is 19.1. The maximum atomic E-state index is 14.6. The molecule has 0 spiro atoms. The van der Waals surface area contributed by atoms with Gasteiger partial charge in [-0.1, -0.05) is 18.2 Å². The van der Waals surface area contributed by atoms with E-state index in [1.807, 2.05) is 28.9 Å². The first kappa shape index (κ1) is 18.2. The second-order valence-corrected chi connectivity index (χ2v) is 6.62. The lowest BCUT2D eigenvalue weighted by molar-refractivity contribution is 0.0947. The summed E-state index contributed by atoms with van der Waals surface area (Å²) in [6.07, 6.45) is 1.76. The second kappa shape index (κ2) is 7.82. The van der Waals surface area contributed by atoms with Crippen molar-refractivity contribution in [3.63, 3.8) is 0 Å². The fourth-order valence-corrected chi connectivity index (χ4v) is 3.32. The first-order valence-electron chi connectivity index (χ1n) is 9.12. The van der Waals surface area contributed by atoms with Crippen LogP contribution in [0.15, 0.2) is 48.7 Å². The van der Waals surface area contributed by atoms with Gasteiger partial charge in [-0.15, -0.1) is 0 Å². The van der Waals surface area contributed by atoms with Gasteiger partial charge >= 0.3 is 0 Å². The van der Waals surface area contributed by atoms with Crippen LogP contribution in [-0.2, 0) is 19.6 Å². The fraction of sp³-hybridized carbons (Fsp3) is 0.238. The lowest BCUT2D eigenvalue weighted by Crippen LogP contribution is -2.30. The molecule has 28 heavy (non-hydrogen) atoms. The normalized spacial score (nSPS) is 13.1. The van der Waals surface area contributed by atoms with Gasteiger partial charge in [0.1, 0.15) is 11.6 Å². The molecular weight excluding hydrogens is 359 g/mol. The third-order valence-electron chi connectivity index (χ3n) is 4.90. The Hall–Kier alpha value is -3.19. The molecule has 0 unspecified atom stereocenters.